The third-order valence-electron chi connectivity index (χ3n) is 4.49. The largest absolute Gasteiger partial charge is 0.132 e. The van der Waals surface area contributed by atoms with Gasteiger partial charge in [0.05, 0.1) is 0 Å². The Morgan fingerprint density at radius 3 is 2.18 bits per heavy atom. The van der Waals surface area contributed by atoms with Crippen LogP contribution in [0.2, 0.25) is 0 Å². The normalized spacial score (nSPS) is 20.9. The molecule has 1 unspecified atom stereocenters. The van der Waals surface area contributed by atoms with Crippen molar-refractivity contribution in [2.45, 2.75) is 18.3 Å². The van der Waals surface area contributed by atoms with Crippen molar-refractivity contribution in [3.63, 3.8) is 0 Å². The molecule has 22 heavy (non-hydrogen) atoms. The van der Waals surface area contributed by atoms with Crippen LogP contribution >= 0.6 is 0 Å². The lowest BCUT2D eigenvalue weighted by atomic mass is 9.67. The average Bonchev–Trinajstić information content (AvgIpc) is 2.58. The van der Waals surface area contributed by atoms with Crippen LogP contribution in [0.25, 0.3) is 5.57 Å². The lowest BCUT2D eigenvalue weighted by Gasteiger charge is -2.36. The van der Waals surface area contributed by atoms with Gasteiger partial charge in [0, 0.05) is 5.41 Å². The molecule has 0 heteroatoms. The molecule has 0 radical (unpaired) electrons. The summed E-state index contributed by atoms with van der Waals surface area (Å²) in [5, 5.41) is 0. The predicted molar refractivity (Wildman–Crippen MR) is 94.6 cm³/mol. The second-order valence-electron chi connectivity index (χ2n) is 5.75. The van der Waals surface area contributed by atoms with E-state index in [2.05, 4.69) is 85.6 Å². The van der Waals surface area contributed by atoms with Crippen molar-refractivity contribution < 1.29 is 0 Å². The van der Waals surface area contributed by atoms with Gasteiger partial charge in [0.1, 0.15) is 0 Å². The van der Waals surface area contributed by atoms with Crippen LogP contribution in [0.4, 0.5) is 0 Å². The predicted octanol–water partition coefficient (Wildman–Crippen LogP) is 5.70. The molecule has 3 rings (SSSR count). The van der Waals surface area contributed by atoms with Gasteiger partial charge in [-0.2, -0.15) is 0 Å². The summed E-state index contributed by atoms with van der Waals surface area (Å²) in [6, 6.07) is 21.1. The molecular weight excluding hydrogens is 264 g/mol. The van der Waals surface area contributed by atoms with Gasteiger partial charge in [0.25, 0.3) is 0 Å². The first-order chi connectivity index (χ1) is 10.8. The van der Waals surface area contributed by atoms with Crippen molar-refractivity contribution >= 4 is 5.57 Å². The Bertz CT molecular complexity index is 743. The SMILES string of the molecule is C=C=CC1(c2ccccc2)CCC(c2ccccc2)=CC1=C. The van der Waals surface area contributed by atoms with Gasteiger partial charge in [-0.05, 0) is 41.2 Å². The van der Waals surface area contributed by atoms with Crippen LogP contribution < -0.4 is 0 Å². The summed E-state index contributed by atoms with van der Waals surface area (Å²) < 4.78 is 0. The van der Waals surface area contributed by atoms with Crippen LogP contribution in [0.15, 0.2) is 97.3 Å². The van der Waals surface area contributed by atoms with Gasteiger partial charge in [-0.15, -0.1) is 5.73 Å². The molecule has 0 saturated carbocycles. The standard InChI is InChI=1S/C22H20/c1-3-15-22(21-12-8-5-9-13-21)16-14-20(17-18(22)2)19-10-6-4-7-11-19/h4-13,15,17H,1-2,14,16H2. The maximum atomic E-state index is 4.36. The fourth-order valence-electron chi connectivity index (χ4n) is 3.27. The van der Waals surface area contributed by atoms with Gasteiger partial charge < -0.3 is 0 Å². The van der Waals surface area contributed by atoms with E-state index in [4.69, 9.17) is 0 Å². The molecule has 0 nitrogen and oxygen atoms in total. The van der Waals surface area contributed by atoms with Crippen LogP contribution in [-0.2, 0) is 5.41 Å². The van der Waals surface area contributed by atoms with Crippen molar-refractivity contribution in [3.05, 3.63) is 108 Å². The van der Waals surface area contributed by atoms with Gasteiger partial charge in [-0.3, -0.25) is 0 Å². The maximum absolute atomic E-state index is 4.36. The summed E-state index contributed by atoms with van der Waals surface area (Å²) in [7, 11) is 0. The first kappa shape index (κ1) is 14.4. The van der Waals surface area contributed by atoms with E-state index in [1.54, 1.807) is 0 Å². The average molecular weight is 284 g/mol. The fraction of sp³-hybridized carbons (Fsp3) is 0.136. The Hall–Kier alpha value is -2.56. The molecule has 0 aliphatic heterocycles. The minimum Gasteiger partial charge on any atom is -0.132 e. The molecule has 0 bridgehead atoms. The number of hydrogen-bond donors (Lipinski definition) is 0. The first-order valence-electron chi connectivity index (χ1n) is 7.64. The van der Waals surface area contributed by atoms with Gasteiger partial charge in [0.2, 0.25) is 0 Å². The van der Waals surface area contributed by atoms with Crippen LogP contribution in [0.1, 0.15) is 24.0 Å². The van der Waals surface area contributed by atoms with Gasteiger partial charge in [-0.1, -0.05) is 79.9 Å². The summed E-state index contributed by atoms with van der Waals surface area (Å²) in [6.07, 6.45) is 6.33. The van der Waals surface area contributed by atoms with Crippen molar-refractivity contribution in [2.24, 2.45) is 0 Å². The molecule has 1 aliphatic carbocycles. The zero-order valence-corrected chi connectivity index (χ0v) is 12.8. The van der Waals surface area contributed by atoms with E-state index in [0.717, 1.165) is 18.4 Å². The number of hydrogen-bond acceptors (Lipinski definition) is 0. The maximum Gasteiger partial charge on any atom is 0.0453 e. The van der Waals surface area contributed by atoms with Crippen molar-refractivity contribution in [1.82, 2.24) is 0 Å². The molecule has 0 spiro atoms. The molecule has 0 fully saturated rings. The van der Waals surface area contributed by atoms with Gasteiger partial charge in [-0.25, -0.2) is 0 Å². The highest BCUT2D eigenvalue weighted by atomic mass is 14.4. The minimum atomic E-state index is -0.179. The molecule has 2 aromatic carbocycles. The molecule has 1 atom stereocenters. The van der Waals surface area contributed by atoms with Crippen molar-refractivity contribution in [2.75, 3.05) is 0 Å². The van der Waals surface area contributed by atoms with Gasteiger partial charge in [0.15, 0.2) is 0 Å². The first-order valence-corrected chi connectivity index (χ1v) is 7.64. The Kier molecular flexibility index (Phi) is 3.96. The summed E-state index contributed by atoms with van der Waals surface area (Å²) in [6.45, 7) is 8.16. The van der Waals surface area contributed by atoms with Crippen LogP contribution in [0.3, 0.4) is 0 Å². The third kappa shape index (κ3) is 2.50. The minimum absolute atomic E-state index is 0.179. The Morgan fingerprint density at radius 1 is 0.955 bits per heavy atom. The zero-order valence-electron chi connectivity index (χ0n) is 12.8. The third-order valence-corrected chi connectivity index (χ3v) is 4.49. The van der Waals surface area contributed by atoms with Gasteiger partial charge >= 0.3 is 0 Å². The Labute approximate surface area is 132 Å². The van der Waals surface area contributed by atoms with E-state index in [0.29, 0.717) is 0 Å². The monoisotopic (exact) mass is 284 g/mol. The second kappa shape index (κ2) is 6.05. The van der Waals surface area contributed by atoms with E-state index in [-0.39, 0.29) is 5.41 Å². The highest BCUT2D eigenvalue weighted by molar-refractivity contribution is 5.72. The topological polar surface area (TPSA) is 0 Å². The van der Waals surface area contributed by atoms with E-state index < -0.39 is 0 Å². The Morgan fingerprint density at radius 2 is 1.59 bits per heavy atom. The highest BCUT2D eigenvalue weighted by Crippen LogP contribution is 2.44. The van der Waals surface area contributed by atoms with Crippen LogP contribution in [0.5, 0.6) is 0 Å². The molecule has 0 amide bonds. The molecule has 0 saturated heterocycles. The van der Waals surface area contributed by atoms with E-state index in [1.165, 1.54) is 16.7 Å². The van der Waals surface area contributed by atoms with E-state index in [9.17, 15) is 0 Å². The van der Waals surface area contributed by atoms with E-state index in [1.807, 2.05) is 6.07 Å². The molecule has 1 aliphatic rings. The fourth-order valence-corrected chi connectivity index (χ4v) is 3.27. The van der Waals surface area contributed by atoms with E-state index >= 15 is 0 Å². The summed E-state index contributed by atoms with van der Waals surface area (Å²) >= 11 is 0. The quantitative estimate of drug-likeness (QED) is 0.634. The van der Waals surface area contributed by atoms with Crippen LogP contribution in [0, 0.1) is 0 Å². The molecule has 0 heterocycles. The zero-order chi connectivity index (χ0) is 15.4. The second-order valence-corrected chi connectivity index (χ2v) is 5.75. The molecular formula is C22H20. The molecule has 2 aromatic rings. The smallest absolute Gasteiger partial charge is 0.0453 e. The highest BCUT2D eigenvalue weighted by Gasteiger charge is 2.34. The summed E-state index contributed by atoms with van der Waals surface area (Å²) in [4.78, 5) is 0. The lowest BCUT2D eigenvalue weighted by Crippen LogP contribution is -2.27. The van der Waals surface area contributed by atoms with Crippen molar-refractivity contribution in [3.8, 4) is 0 Å². The lowest BCUT2D eigenvalue weighted by molar-refractivity contribution is 0.580. The number of allylic oxidation sites excluding steroid dienone is 4. The Balaban J connectivity index is 2.04. The molecule has 0 N–H and O–H groups in total. The molecule has 0 aromatic heterocycles. The molecule has 108 valence electrons. The van der Waals surface area contributed by atoms with Crippen LogP contribution in [-0.4, -0.2) is 0 Å². The number of benzene rings is 2. The summed E-state index contributed by atoms with van der Waals surface area (Å²) in [5.41, 5.74) is 7.83. The number of rotatable bonds is 3. The summed E-state index contributed by atoms with van der Waals surface area (Å²) in [5.74, 6) is 0. The van der Waals surface area contributed by atoms with Crippen molar-refractivity contribution in [1.29, 1.82) is 0 Å².